The fourth-order valence-corrected chi connectivity index (χ4v) is 3.44. The third-order valence-electron chi connectivity index (χ3n) is 5.00. The van der Waals surface area contributed by atoms with Gasteiger partial charge in [0.2, 0.25) is 0 Å². The van der Waals surface area contributed by atoms with Crippen LogP contribution in [-0.4, -0.2) is 43.8 Å². The van der Waals surface area contributed by atoms with Crippen LogP contribution < -0.4 is 5.73 Å². The molecule has 0 bridgehead atoms. The van der Waals surface area contributed by atoms with E-state index in [-0.39, 0.29) is 5.60 Å². The van der Waals surface area contributed by atoms with Gasteiger partial charge in [-0.2, -0.15) is 0 Å². The number of likely N-dealkylation sites (tertiary alicyclic amines) is 1. The third kappa shape index (κ3) is 5.71. The van der Waals surface area contributed by atoms with Crippen LogP contribution in [0.15, 0.2) is 0 Å². The lowest BCUT2D eigenvalue weighted by atomic mass is 9.76. The molecule has 1 rings (SSSR count). The lowest BCUT2D eigenvalue weighted by Crippen LogP contribution is -2.47. The number of hydrogen-bond acceptors (Lipinski definition) is 3. The second-order valence-electron chi connectivity index (χ2n) is 7.82. The molecule has 3 heteroatoms. The summed E-state index contributed by atoms with van der Waals surface area (Å²) in [6, 6.07) is 0. The Morgan fingerprint density at radius 2 is 2.00 bits per heavy atom. The number of ether oxygens (including phenoxy) is 1. The zero-order valence-electron chi connectivity index (χ0n) is 14.4. The first-order valence-corrected chi connectivity index (χ1v) is 8.28. The van der Waals surface area contributed by atoms with Crippen molar-refractivity contribution < 1.29 is 4.74 Å². The number of nitrogens with zero attached hydrogens (tertiary/aromatic N) is 1. The van der Waals surface area contributed by atoms with Gasteiger partial charge in [0.15, 0.2) is 0 Å². The Morgan fingerprint density at radius 1 is 1.30 bits per heavy atom. The van der Waals surface area contributed by atoms with Crippen LogP contribution in [0.1, 0.15) is 59.8 Å². The summed E-state index contributed by atoms with van der Waals surface area (Å²) >= 11 is 0. The largest absolute Gasteiger partial charge is 0.377 e. The van der Waals surface area contributed by atoms with Gasteiger partial charge in [-0.1, -0.05) is 20.8 Å². The van der Waals surface area contributed by atoms with Crippen LogP contribution in [0.4, 0.5) is 0 Å². The van der Waals surface area contributed by atoms with Crippen LogP contribution in [0.3, 0.4) is 0 Å². The maximum atomic E-state index is 5.77. The molecule has 1 aliphatic heterocycles. The lowest BCUT2D eigenvalue weighted by Gasteiger charge is -2.40. The number of hydrogen-bond donors (Lipinski definition) is 1. The van der Waals surface area contributed by atoms with Crippen LogP contribution in [-0.2, 0) is 4.74 Å². The standard InChI is InChI=1S/C17H36N2O/c1-16(2,3)15(9-11-18)8-6-12-19-13-7-10-17(4,14-19)20-5/h15H,6-14,18H2,1-5H3. The summed E-state index contributed by atoms with van der Waals surface area (Å²) in [6.07, 6.45) is 6.18. The van der Waals surface area contributed by atoms with Gasteiger partial charge in [0.25, 0.3) is 0 Å². The zero-order chi connectivity index (χ0) is 15.2. The summed E-state index contributed by atoms with van der Waals surface area (Å²) < 4.78 is 5.67. The first kappa shape index (κ1) is 17.9. The zero-order valence-corrected chi connectivity index (χ0v) is 14.4. The molecule has 1 aliphatic rings. The van der Waals surface area contributed by atoms with Gasteiger partial charge in [-0.3, -0.25) is 0 Å². The van der Waals surface area contributed by atoms with Crippen molar-refractivity contribution in [3.8, 4) is 0 Å². The molecular formula is C17H36N2O. The first-order valence-electron chi connectivity index (χ1n) is 8.28. The second-order valence-corrected chi connectivity index (χ2v) is 7.82. The van der Waals surface area contributed by atoms with Crippen molar-refractivity contribution in [2.75, 3.05) is 33.3 Å². The summed E-state index contributed by atoms with van der Waals surface area (Å²) in [7, 11) is 1.85. The Bertz CT molecular complexity index is 275. The van der Waals surface area contributed by atoms with Gasteiger partial charge in [0.1, 0.15) is 0 Å². The fourth-order valence-electron chi connectivity index (χ4n) is 3.44. The smallest absolute Gasteiger partial charge is 0.0777 e. The molecule has 1 fully saturated rings. The summed E-state index contributed by atoms with van der Waals surface area (Å²) in [5.41, 5.74) is 6.21. The molecule has 1 heterocycles. The minimum atomic E-state index is 0.0684. The molecule has 3 nitrogen and oxygen atoms in total. The van der Waals surface area contributed by atoms with Crippen LogP contribution in [0, 0.1) is 11.3 Å². The van der Waals surface area contributed by atoms with Crippen molar-refractivity contribution in [3.05, 3.63) is 0 Å². The predicted molar refractivity (Wildman–Crippen MR) is 86.9 cm³/mol. The van der Waals surface area contributed by atoms with E-state index in [1.54, 1.807) is 0 Å². The Morgan fingerprint density at radius 3 is 2.55 bits per heavy atom. The summed E-state index contributed by atoms with van der Waals surface area (Å²) in [6.45, 7) is 13.6. The molecule has 0 amide bonds. The van der Waals surface area contributed by atoms with Crippen LogP contribution >= 0.6 is 0 Å². The van der Waals surface area contributed by atoms with Gasteiger partial charge in [0.05, 0.1) is 5.60 Å². The van der Waals surface area contributed by atoms with E-state index in [1.165, 1.54) is 38.8 Å². The van der Waals surface area contributed by atoms with Crippen LogP contribution in [0.2, 0.25) is 0 Å². The molecule has 2 atom stereocenters. The molecular weight excluding hydrogens is 248 g/mol. The van der Waals surface area contributed by atoms with Gasteiger partial charge in [-0.25, -0.2) is 0 Å². The lowest BCUT2D eigenvalue weighted by molar-refractivity contribution is -0.0512. The monoisotopic (exact) mass is 284 g/mol. The van der Waals surface area contributed by atoms with E-state index in [0.717, 1.165) is 25.4 Å². The summed E-state index contributed by atoms with van der Waals surface area (Å²) in [5.74, 6) is 0.742. The second kappa shape index (κ2) is 7.77. The highest BCUT2D eigenvalue weighted by atomic mass is 16.5. The molecule has 20 heavy (non-hydrogen) atoms. The Balaban J connectivity index is 2.35. The molecule has 0 spiro atoms. The molecule has 0 aromatic carbocycles. The van der Waals surface area contributed by atoms with Gasteiger partial charge in [-0.15, -0.1) is 0 Å². The highest BCUT2D eigenvalue weighted by Gasteiger charge is 2.30. The minimum Gasteiger partial charge on any atom is -0.377 e. The predicted octanol–water partition coefficient (Wildman–Crippen LogP) is 3.28. The number of rotatable bonds is 7. The summed E-state index contributed by atoms with van der Waals surface area (Å²) in [4.78, 5) is 2.58. The van der Waals surface area contributed by atoms with E-state index in [1.807, 2.05) is 7.11 Å². The molecule has 2 unspecified atom stereocenters. The van der Waals surface area contributed by atoms with Crippen molar-refractivity contribution in [3.63, 3.8) is 0 Å². The fraction of sp³-hybridized carbons (Fsp3) is 1.00. The Labute approximate surface area is 126 Å². The highest BCUT2D eigenvalue weighted by molar-refractivity contribution is 4.84. The molecule has 0 radical (unpaired) electrons. The number of piperidine rings is 1. The van der Waals surface area contributed by atoms with Crippen molar-refractivity contribution in [2.45, 2.75) is 65.4 Å². The van der Waals surface area contributed by atoms with E-state index in [0.29, 0.717) is 5.41 Å². The van der Waals surface area contributed by atoms with E-state index in [4.69, 9.17) is 10.5 Å². The SMILES string of the molecule is COC1(C)CCCN(CCCC(CCN)C(C)(C)C)C1. The van der Waals surface area contributed by atoms with E-state index in [9.17, 15) is 0 Å². The van der Waals surface area contributed by atoms with Gasteiger partial charge >= 0.3 is 0 Å². The average molecular weight is 284 g/mol. The van der Waals surface area contributed by atoms with Crippen molar-refractivity contribution in [1.82, 2.24) is 4.90 Å². The molecule has 0 saturated carbocycles. The maximum absolute atomic E-state index is 5.77. The Kier molecular flexibility index (Phi) is 6.96. The first-order chi connectivity index (χ1) is 9.30. The maximum Gasteiger partial charge on any atom is 0.0777 e. The van der Waals surface area contributed by atoms with Crippen LogP contribution in [0.5, 0.6) is 0 Å². The molecule has 0 aromatic rings. The minimum absolute atomic E-state index is 0.0684. The van der Waals surface area contributed by atoms with Crippen molar-refractivity contribution in [1.29, 1.82) is 0 Å². The van der Waals surface area contributed by atoms with E-state index < -0.39 is 0 Å². The molecule has 0 aliphatic carbocycles. The van der Waals surface area contributed by atoms with Gasteiger partial charge in [-0.05, 0) is 70.0 Å². The van der Waals surface area contributed by atoms with Crippen LogP contribution in [0.25, 0.3) is 0 Å². The van der Waals surface area contributed by atoms with Crippen molar-refractivity contribution >= 4 is 0 Å². The molecule has 0 aromatic heterocycles. The van der Waals surface area contributed by atoms with Crippen molar-refractivity contribution in [2.24, 2.45) is 17.1 Å². The number of nitrogens with two attached hydrogens (primary N) is 1. The Hall–Kier alpha value is -0.120. The average Bonchev–Trinajstić information content (AvgIpc) is 2.37. The third-order valence-corrected chi connectivity index (χ3v) is 5.00. The topological polar surface area (TPSA) is 38.5 Å². The van der Waals surface area contributed by atoms with Gasteiger partial charge in [0, 0.05) is 13.7 Å². The van der Waals surface area contributed by atoms with E-state index >= 15 is 0 Å². The molecule has 1 saturated heterocycles. The van der Waals surface area contributed by atoms with E-state index in [2.05, 4.69) is 32.6 Å². The quantitative estimate of drug-likeness (QED) is 0.780. The normalized spacial score (nSPS) is 26.7. The highest BCUT2D eigenvalue weighted by Crippen LogP contribution is 2.32. The number of methoxy groups -OCH3 is 1. The molecule has 120 valence electrons. The van der Waals surface area contributed by atoms with Gasteiger partial charge < -0.3 is 15.4 Å². The molecule has 2 N–H and O–H groups in total. The summed E-state index contributed by atoms with van der Waals surface area (Å²) in [5, 5.41) is 0.